The SMILES string of the molecule is CCC(Oc1cccc(C(=O)OC(C)(C)C)c1)C(=O)Nc1nccs1. The molecule has 2 aromatic rings. The topological polar surface area (TPSA) is 77.5 Å². The van der Waals surface area contributed by atoms with Gasteiger partial charge in [0.05, 0.1) is 5.56 Å². The molecule has 2 rings (SSSR count). The fourth-order valence-electron chi connectivity index (χ4n) is 1.99. The Morgan fingerprint density at radius 2 is 2.08 bits per heavy atom. The molecule has 1 aromatic carbocycles. The maximum Gasteiger partial charge on any atom is 0.338 e. The third-order valence-corrected chi connectivity index (χ3v) is 3.76. The van der Waals surface area contributed by atoms with Crippen molar-refractivity contribution in [3.05, 3.63) is 41.4 Å². The minimum atomic E-state index is -0.683. The zero-order valence-corrected chi connectivity index (χ0v) is 15.6. The van der Waals surface area contributed by atoms with E-state index < -0.39 is 17.7 Å². The summed E-state index contributed by atoms with van der Waals surface area (Å²) in [5.41, 5.74) is -0.198. The number of esters is 1. The number of rotatable bonds is 6. The van der Waals surface area contributed by atoms with Gasteiger partial charge in [0.15, 0.2) is 11.2 Å². The Labute approximate surface area is 151 Å². The van der Waals surface area contributed by atoms with E-state index in [0.717, 1.165) is 0 Å². The molecule has 6 nitrogen and oxygen atoms in total. The van der Waals surface area contributed by atoms with Gasteiger partial charge in [-0.1, -0.05) is 13.0 Å². The maximum absolute atomic E-state index is 12.3. The zero-order valence-electron chi connectivity index (χ0n) is 14.7. The molecule has 1 atom stereocenters. The lowest BCUT2D eigenvalue weighted by Crippen LogP contribution is -2.32. The normalized spacial score (nSPS) is 12.3. The summed E-state index contributed by atoms with van der Waals surface area (Å²) >= 11 is 1.34. The number of nitrogens with one attached hydrogen (secondary N) is 1. The molecule has 0 bridgehead atoms. The van der Waals surface area contributed by atoms with Crippen LogP contribution in [-0.4, -0.2) is 28.6 Å². The summed E-state index contributed by atoms with van der Waals surface area (Å²) in [6, 6.07) is 6.62. The van der Waals surface area contributed by atoms with Crippen LogP contribution >= 0.6 is 11.3 Å². The van der Waals surface area contributed by atoms with Crippen molar-refractivity contribution in [2.45, 2.75) is 45.8 Å². The van der Waals surface area contributed by atoms with E-state index in [0.29, 0.717) is 22.9 Å². The van der Waals surface area contributed by atoms with Crippen LogP contribution < -0.4 is 10.1 Å². The first-order chi connectivity index (χ1) is 11.8. The van der Waals surface area contributed by atoms with E-state index in [1.807, 2.05) is 6.92 Å². The number of carbonyl (C=O) groups excluding carboxylic acids is 2. The van der Waals surface area contributed by atoms with E-state index in [1.54, 1.807) is 56.6 Å². The van der Waals surface area contributed by atoms with Crippen LogP contribution in [0.4, 0.5) is 5.13 Å². The summed E-state index contributed by atoms with van der Waals surface area (Å²) in [5.74, 6) is -0.275. The maximum atomic E-state index is 12.3. The smallest absolute Gasteiger partial charge is 0.338 e. The van der Waals surface area contributed by atoms with E-state index in [9.17, 15) is 9.59 Å². The Kier molecular flexibility index (Phi) is 6.14. The van der Waals surface area contributed by atoms with E-state index in [2.05, 4.69) is 10.3 Å². The Bertz CT molecular complexity index is 723. The van der Waals surface area contributed by atoms with Gasteiger partial charge in [0.25, 0.3) is 5.91 Å². The highest BCUT2D eigenvalue weighted by Gasteiger charge is 2.21. The summed E-state index contributed by atoms with van der Waals surface area (Å²) in [5, 5.41) is 5.02. The van der Waals surface area contributed by atoms with Gasteiger partial charge in [-0.2, -0.15) is 0 Å². The lowest BCUT2D eigenvalue weighted by Gasteiger charge is -2.20. The number of amides is 1. The Balaban J connectivity index is 2.06. The van der Waals surface area contributed by atoms with Crippen LogP contribution in [0.3, 0.4) is 0 Å². The second-order valence-electron chi connectivity index (χ2n) is 6.37. The summed E-state index contributed by atoms with van der Waals surface area (Å²) < 4.78 is 11.1. The van der Waals surface area contributed by atoms with Gasteiger partial charge in [0.1, 0.15) is 11.4 Å². The predicted molar refractivity (Wildman–Crippen MR) is 97.1 cm³/mol. The average Bonchev–Trinajstić information content (AvgIpc) is 3.04. The minimum Gasteiger partial charge on any atom is -0.481 e. The van der Waals surface area contributed by atoms with E-state index in [4.69, 9.17) is 9.47 Å². The number of ether oxygens (including phenoxy) is 2. The molecule has 0 aliphatic carbocycles. The van der Waals surface area contributed by atoms with Gasteiger partial charge in [-0.05, 0) is 45.4 Å². The molecule has 0 saturated heterocycles. The second-order valence-corrected chi connectivity index (χ2v) is 7.27. The number of hydrogen-bond donors (Lipinski definition) is 1. The van der Waals surface area contributed by atoms with Crippen LogP contribution in [0.25, 0.3) is 0 Å². The number of thiazole rings is 1. The first kappa shape index (κ1) is 18.9. The first-order valence-corrected chi connectivity index (χ1v) is 8.87. The average molecular weight is 362 g/mol. The van der Waals surface area contributed by atoms with Gasteiger partial charge < -0.3 is 9.47 Å². The molecular weight excluding hydrogens is 340 g/mol. The molecule has 1 N–H and O–H groups in total. The molecule has 0 aliphatic heterocycles. The molecule has 1 aromatic heterocycles. The van der Waals surface area contributed by atoms with Gasteiger partial charge in [-0.3, -0.25) is 10.1 Å². The third kappa shape index (κ3) is 5.86. The fraction of sp³-hybridized carbons (Fsp3) is 0.389. The molecule has 1 heterocycles. The van der Waals surface area contributed by atoms with E-state index in [-0.39, 0.29) is 5.91 Å². The van der Waals surface area contributed by atoms with Crippen molar-refractivity contribution >= 4 is 28.3 Å². The first-order valence-electron chi connectivity index (χ1n) is 7.99. The molecule has 0 aliphatic rings. The second kappa shape index (κ2) is 8.11. The van der Waals surface area contributed by atoms with Crippen molar-refractivity contribution in [1.82, 2.24) is 4.98 Å². The lowest BCUT2D eigenvalue weighted by atomic mass is 10.1. The fourth-order valence-corrected chi connectivity index (χ4v) is 2.52. The Morgan fingerprint density at radius 1 is 1.32 bits per heavy atom. The highest BCUT2D eigenvalue weighted by Crippen LogP contribution is 2.20. The third-order valence-electron chi connectivity index (χ3n) is 3.07. The van der Waals surface area contributed by atoms with Gasteiger partial charge in [0, 0.05) is 11.6 Å². The van der Waals surface area contributed by atoms with Crippen molar-refractivity contribution in [3.8, 4) is 5.75 Å². The van der Waals surface area contributed by atoms with E-state index in [1.165, 1.54) is 11.3 Å². The van der Waals surface area contributed by atoms with Crippen molar-refractivity contribution < 1.29 is 19.1 Å². The van der Waals surface area contributed by atoms with Crippen LogP contribution in [-0.2, 0) is 9.53 Å². The molecule has 1 amide bonds. The largest absolute Gasteiger partial charge is 0.481 e. The molecule has 25 heavy (non-hydrogen) atoms. The molecule has 0 saturated carbocycles. The molecular formula is C18H22N2O4S. The number of benzene rings is 1. The number of nitrogens with zero attached hydrogens (tertiary/aromatic N) is 1. The highest BCUT2D eigenvalue weighted by atomic mass is 32.1. The van der Waals surface area contributed by atoms with Crippen molar-refractivity contribution in [2.24, 2.45) is 0 Å². The molecule has 7 heteroatoms. The van der Waals surface area contributed by atoms with Gasteiger partial charge in [-0.25, -0.2) is 9.78 Å². The summed E-state index contributed by atoms with van der Waals surface area (Å²) in [4.78, 5) is 28.5. The van der Waals surface area contributed by atoms with Crippen molar-refractivity contribution in [1.29, 1.82) is 0 Å². The van der Waals surface area contributed by atoms with Crippen LogP contribution in [0, 0.1) is 0 Å². The standard InChI is InChI=1S/C18H22N2O4S/c1-5-14(15(21)20-17-19-9-10-25-17)23-13-8-6-7-12(11-13)16(22)24-18(2,3)4/h6-11,14H,5H2,1-4H3,(H,19,20,21). The number of anilines is 1. The number of carbonyl (C=O) groups is 2. The number of aromatic nitrogens is 1. The quantitative estimate of drug-likeness (QED) is 0.789. The Hall–Kier alpha value is -2.41. The van der Waals surface area contributed by atoms with Crippen LogP contribution in [0.2, 0.25) is 0 Å². The van der Waals surface area contributed by atoms with E-state index >= 15 is 0 Å². The van der Waals surface area contributed by atoms with Crippen LogP contribution in [0.15, 0.2) is 35.8 Å². The molecule has 1 unspecified atom stereocenters. The van der Waals surface area contributed by atoms with Crippen LogP contribution in [0.5, 0.6) is 5.75 Å². The van der Waals surface area contributed by atoms with Crippen molar-refractivity contribution in [2.75, 3.05) is 5.32 Å². The monoisotopic (exact) mass is 362 g/mol. The molecule has 0 spiro atoms. The predicted octanol–water partition coefficient (Wildman–Crippen LogP) is 3.89. The lowest BCUT2D eigenvalue weighted by molar-refractivity contribution is -0.122. The van der Waals surface area contributed by atoms with Gasteiger partial charge in [-0.15, -0.1) is 11.3 Å². The van der Waals surface area contributed by atoms with Crippen LogP contribution in [0.1, 0.15) is 44.5 Å². The van der Waals surface area contributed by atoms with Crippen molar-refractivity contribution in [3.63, 3.8) is 0 Å². The van der Waals surface area contributed by atoms with Gasteiger partial charge in [0.2, 0.25) is 0 Å². The zero-order chi connectivity index (χ0) is 18.4. The minimum absolute atomic E-state index is 0.278. The molecule has 134 valence electrons. The highest BCUT2D eigenvalue weighted by molar-refractivity contribution is 7.13. The molecule has 0 fully saturated rings. The summed E-state index contributed by atoms with van der Waals surface area (Å²) in [7, 11) is 0. The summed E-state index contributed by atoms with van der Waals surface area (Å²) in [6.45, 7) is 7.27. The number of hydrogen-bond acceptors (Lipinski definition) is 6. The summed E-state index contributed by atoms with van der Waals surface area (Å²) in [6.07, 6.45) is 1.41. The van der Waals surface area contributed by atoms with Gasteiger partial charge >= 0.3 is 5.97 Å². The Morgan fingerprint density at radius 3 is 2.68 bits per heavy atom. The molecule has 0 radical (unpaired) electrons.